The first-order chi connectivity index (χ1) is 13.9. The molecule has 1 saturated heterocycles. The molecular weight excluding hydrogens is 394 g/mol. The van der Waals surface area contributed by atoms with Crippen molar-refractivity contribution in [1.82, 2.24) is 9.62 Å². The summed E-state index contributed by atoms with van der Waals surface area (Å²) >= 11 is 0. The quantitative estimate of drug-likeness (QED) is 0.700. The van der Waals surface area contributed by atoms with E-state index in [1.165, 1.54) is 16.4 Å². The van der Waals surface area contributed by atoms with Crippen molar-refractivity contribution in [3.05, 3.63) is 60.2 Å². The van der Waals surface area contributed by atoms with Gasteiger partial charge in [-0.3, -0.25) is 9.59 Å². The summed E-state index contributed by atoms with van der Waals surface area (Å²) in [6, 6.07) is 15.3. The van der Waals surface area contributed by atoms with Gasteiger partial charge in [-0.25, -0.2) is 8.42 Å². The van der Waals surface area contributed by atoms with Crippen LogP contribution < -0.4 is 10.6 Å². The van der Waals surface area contributed by atoms with Crippen LogP contribution in [0.15, 0.2) is 59.5 Å². The number of morpholine rings is 1. The molecule has 1 heterocycles. The van der Waals surface area contributed by atoms with Crippen LogP contribution in [-0.4, -0.2) is 57.4 Å². The van der Waals surface area contributed by atoms with Gasteiger partial charge >= 0.3 is 0 Å². The van der Waals surface area contributed by atoms with Crippen molar-refractivity contribution < 1.29 is 22.7 Å². The van der Waals surface area contributed by atoms with E-state index in [-0.39, 0.29) is 23.8 Å². The zero-order valence-electron chi connectivity index (χ0n) is 15.8. The normalized spacial score (nSPS) is 14.9. The number of ether oxygens (including phenoxy) is 1. The maximum absolute atomic E-state index is 12.7. The Morgan fingerprint density at radius 2 is 1.69 bits per heavy atom. The summed E-state index contributed by atoms with van der Waals surface area (Å²) < 4.78 is 32.0. The van der Waals surface area contributed by atoms with Crippen LogP contribution in [-0.2, 0) is 30.8 Å². The Kier molecular flexibility index (Phi) is 6.97. The topological polar surface area (TPSA) is 105 Å². The van der Waals surface area contributed by atoms with Gasteiger partial charge in [-0.2, -0.15) is 4.31 Å². The Balaban J connectivity index is 1.55. The van der Waals surface area contributed by atoms with Gasteiger partial charge in [-0.1, -0.05) is 36.4 Å². The predicted molar refractivity (Wildman–Crippen MR) is 108 cm³/mol. The van der Waals surface area contributed by atoms with Gasteiger partial charge in [0.25, 0.3) is 0 Å². The summed E-state index contributed by atoms with van der Waals surface area (Å²) in [5.74, 6) is -0.706. The molecule has 8 nitrogen and oxygen atoms in total. The summed E-state index contributed by atoms with van der Waals surface area (Å²) in [6.07, 6.45) is 0.182. The van der Waals surface area contributed by atoms with Crippen molar-refractivity contribution in [3.8, 4) is 0 Å². The first-order valence-corrected chi connectivity index (χ1v) is 10.7. The van der Waals surface area contributed by atoms with Crippen molar-refractivity contribution >= 4 is 27.5 Å². The molecule has 0 radical (unpaired) electrons. The largest absolute Gasteiger partial charge is 0.379 e. The average molecular weight is 417 g/mol. The summed E-state index contributed by atoms with van der Waals surface area (Å²) in [5, 5.41) is 5.17. The minimum absolute atomic E-state index is 0.102. The standard InChI is InChI=1S/C20H23N3O5S/c24-19(13-16-5-2-1-3-6-16)21-15-20(25)22-17-7-4-8-18(14-17)29(26,27)23-9-11-28-12-10-23/h1-8,14H,9-13,15H2,(H,21,24)(H,22,25). The summed E-state index contributed by atoms with van der Waals surface area (Å²) in [4.78, 5) is 24.2. The van der Waals surface area contributed by atoms with E-state index in [0.717, 1.165) is 5.56 Å². The predicted octanol–water partition coefficient (Wildman–Crippen LogP) is 1.00. The van der Waals surface area contributed by atoms with Gasteiger partial charge in [-0.15, -0.1) is 0 Å². The second-order valence-corrected chi connectivity index (χ2v) is 8.47. The molecule has 2 aromatic carbocycles. The number of carbonyl (C=O) groups excluding carboxylic acids is 2. The van der Waals surface area contributed by atoms with Crippen molar-refractivity contribution in [2.45, 2.75) is 11.3 Å². The third-order valence-electron chi connectivity index (χ3n) is 4.38. The number of amides is 2. The van der Waals surface area contributed by atoms with Crippen LogP contribution in [0.1, 0.15) is 5.56 Å². The molecule has 2 N–H and O–H groups in total. The smallest absolute Gasteiger partial charge is 0.243 e. The monoisotopic (exact) mass is 417 g/mol. The molecule has 9 heteroatoms. The number of hydrogen-bond acceptors (Lipinski definition) is 5. The molecule has 0 saturated carbocycles. The third-order valence-corrected chi connectivity index (χ3v) is 6.27. The molecule has 2 amide bonds. The molecule has 0 aromatic heterocycles. The summed E-state index contributed by atoms with van der Waals surface area (Å²) in [5.41, 5.74) is 1.20. The Morgan fingerprint density at radius 1 is 0.966 bits per heavy atom. The van der Waals surface area contributed by atoms with Gasteiger partial charge < -0.3 is 15.4 Å². The second-order valence-electron chi connectivity index (χ2n) is 6.53. The fourth-order valence-corrected chi connectivity index (χ4v) is 4.35. The van der Waals surface area contributed by atoms with E-state index in [4.69, 9.17) is 4.74 Å². The fourth-order valence-electron chi connectivity index (χ4n) is 2.90. The van der Waals surface area contributed by atoms with Gasteiger partial charge in [0, 0.05) is 18.8 Å². The molecule has 0 unspecified atom stereocenters. The Hall–Kier alpha value is -2.75. The van der Waals surface area contributed by atoms with Gasteiger partial charge in [0.2, 0.25) is 21.8 Å². The van der Waals surface area contributed by atoms with Crippen LogP contribution in [0.5, 0.6) is 0 Å². The van der Waals surface area contributed by atoms with Crippen molar-refractivity contribution in [1.29, 1.82) is 0 Å². The van der Waals surface area contributed by atoms with Gasteiger partial charge in [0.05, 0.1) is 31.1 Å². The maximum Gasteiger partial charge on any atom is 0.243 e. The fraction of sp³-hybridized carbons (Fsp3) is 0.300. The molecule has 2 aromatic rings. The number of nitrogens with zero attached hydrogens (tertiary/aromatic N) is 1. The van der Waals surface area contributed by atoms with Crippen LogP contribution in [0.4, 0.5) is 5.69 Å². The molecule has 29 heavy (non-hydrogen) atoms. The van der Waals surface area contributed by atoms with E-state index in [9.17, 15) is 18.0 Å². The lowest BCUT2D eigenvalue weighted by atomic mass is 10.1. The molecule has 3 rings (SSSR count). The second kappa shape index (κ2) is 9.64. The van der Waals surface area contributed by atoms with Gasteiger partial charge in [0.1, 0.15) is 0 Å². The Labute approximate surface area is 169 Å². The van der Waals surface area contributed by atoms with E-state index in [1.807, 2.05) is 30.3 Å². The molecular formula is C20H23N3O5S. The number of anilines is 1. The zero-order valence-corrected chi connectivity index (χ0v) is 16.7. The number of sulfonamides is 1. The molecule has 1 aliphatic heterocycles. The highest BCUT2D eigenvalue weighted by molar-refractivity contribution is 7.89. The van der Waals surface area contributed by atoms with E-state index >= 15 is 0 Å². The van der Waals surface area contributed by atoms with E-state index < -0.39 is 15.9 Å². The van der Waals surface area contributed by atoms with Crippen LogP contribution in [0.2, 0.25) is 0 Å². The number of rotatable bonds is 7. The number of benzene rings is 2. The number of nitrogens with one attached hydrogen (secondary N) is 2. The molecule has 0 bridgehead atoms. The lowest BCUT2D eigenvalue weighted by Crippen LogP contribution is -2.40. The van der Waals surface area contributed by atoms with Crippen molar-refractivity contribution in [2.24, 2.45) is 0 Å². The van der Waals surface area contributed by atoms with Crippen LogP contribution in [0, 0.1) is 0 Å². The lowest BCUT2D eigenvalue weighted by Gasteiger charge is -2.26. The van der Waals surface area contributed by atoms with Crippen molar-refractivity contribution in [2.75, 3.05) is 38.2 Å². The minimum atomic E-state index is -3.65. The molecule has 0 aliphatic carbocycles. The Morgan fingerprint density at radius 3 is 2.41 bits per heavy atom. The van der Waals surface area contributed by atoms with Gasteiger partial charge in [0.15, 0.2) is 0 Å². The molecule has 1 aliphatic rings. The van der Waals surface area contributed by atoms with Gasteiger partial charge in [-0.05, 0) is 23.8 Å². The van der Waals surface area contributed by atoms with Crippen molar-refractivity contribution in [3.63, 3.8) is 0 Å². The number of carbonyl (C=O) groups is 2. The van der Waals surface area contributed by atoms with Crippen LogP contribution in [0.3, 0.4) is 0 Å². The molecule has 0 spiro atoms. The lowest BCUT2D eigenvalue weighted by molar-refractivity contribution is -0.123. The zero-order chi connectivity index (χ0) is 20.7. The van der Waals surface area contributed by atoms with E-state index in [0.29, 0.717) is 32.0 Å². The summed E-state index contributed by atoms with van der Waals surface area (Å²) in [7, 11) is -3.65. The molecule has 1 fully saturated rings. The van der Waals surface area contributed by atoms with Crippen LogP contribution in [0.25, 0.3) is 0 Å². The van der Waals surface area contributed by atoms with E-state index in [1.54, 1.807) is 12.1 Å². The highest BCUT2D eigenvalue weighted by atomic mass is 32.2. The minimum Gasteiger partial charge on any atom is -0.379 e. The Bertz CT molecular complexity index is 957. The highest BCUT2D eigenvalue weighted by Crippen LogP contribution is 2.20. The van der Waals surface area contributed by atoms with E-state index in [2.05, 4.69) is 10.6 Å². The first kappa shape index (κ1) is 21.0. The molecule has 0 atom stereocenters. The van der Waals surface area contributed by atoms with Crippen LogP contribution >= 0.6 is 0 Å². The molecule has 154 valence electrons. The first-order valence-electron chi connectivity index (χ1n) is 9.23. The highest BCUT2D eigenvalue weighted by Gasteiger charge is 2.26. The SMILES string of the molecule is O=C(Cc1ccccc1)NCC(=O)Nc1cccc(S(=O)(=O)N2CCOCC2)c1. The number of hydrogen-bond donors (Lipinski definition) is 2. The maximum atomic E-state index is 12.7. The summed E-state index contributed by atoms with van der Waals surface area (Å²) in [6.45, 7) is 1.11. The third kappa shape index (κ3) is 5.86. The average Bonchev–Trinajstić information content (AvgIpc) is 2.74.